The van der Waals surface area contributed by atoms with Gasteiger partial charge in [0, 0.05) is 31.9 Å². The number of benzene rings is 1. The van der Waals surface area contributed by atoms with Crippen LogP contribution in [-0.4, -0.2) is 51.4 Å². The third-order valence-corrected chi connectivity index (χ3v) is 4.46. The standard InChI is InChI=1S/C19H21N3O3/c1-21(11-14-6-8-20-9-7-14)13-18(23)22-12-16-5-3-2-4-15(16)10-17(22)19(24)25/h2-9,17H,10-13H2,1H3,(H,24,25)/t17-/m0/s1. The summed E-state index contributed by atoms with van der Waals surface area (Å²) in [5, 5.41) is 9.54. The van der Waals surface area contributed by atoms with Gasteiger partial charge in [0.05, 0.1) is 6.54 Å². The summed E-state index contributed by atoms with van der Waals surface area (Å²) in [7, 11) is 1.85. The first-order valence-corrected chi connectivity index (χ1v) is 8.21. The van der Waals surface area contributed by atoms with Crippen LogP contribution in [0.5, 0.6) is 0 Å². The molecule has 0 unspecified atom stereocenters. The Morgan fingerprint density at radius 2 is 1.88 bits per heavy atom. The number of hydrogen-bond acceptors (Lipinski definition) is 4. The van der Waals surface area contributed by atoms with Gasteiger partial charge in [0.25, 0.3) is 0 Å². The number of rotatable bonds is 5. The summed E-state index contributed by atoms with van der Waals surface area (Å²) in [5.74, 6) is -1.13. The summed E-state index contributed by atoms with van der Waals surface area (Å²) >= 11 is 0. The highest BCUT2D eigenvalue weighted by atomic mass is 16.4. The van der Waals surface area contributed by atoms with E-state index in [4.69, 9.17) is 0 Å². The molecule has 0 saturated carbocycles. The molecule has 25 heavy (non-hydrogen) atoms. The van der Waals surface area contributed by atoms with Crippen molar-refractivity contribution >= 4 is 11.9 Å². The predicted octanol–water partition coefficient (Wildman–Crippen LogP) is 1.55. The van der Waals surface area contributed by atoms with E-state index in [2.05, 4.69) is 4.98 Å². The Balaban J connectivity index is 1.70. The van der Waals surface area contributed by atoms with Crippen LogP contribution in [0.3, 0.4) is 0 Å². The second-order valence-corrected chi connectivity index (χ2v) is 6.38. The van der Waals surface area contributed by atoms with Gasteiger partial charge in [-0.3, -0.25) is 14.7 Å². The third kappa shape index (κ3) is 4.03. The monoisotopic (exact) mass is 339 g/mol. The minimum Gasteiger partial charge on any atom is -0.480 e. The van der Waals surface area contributed by atoms with Gasteiger partial charge in [0.1, 0.15) is 6.04 Å². The maximum absolute atomic E-state index is 12.7. The lowest BCUT2D eigenvalue weighted by molar-refractivity contribution is -0.151. The molecule has 1 atom stereocenters. The average Bonchev–Trinajstić information content (AvgIpc) is 2.61. The van der Waals surface area contributed by atoms with Crippen LogP contribution >= 0.6 is 0 Å². The summed E-state index contributed by atoms with van der Waals surface area (Å²) in [6.07, 6.45) is 3.78. The summed E-state index contributed by atoms with van der Waals surface area (Å²) in [5.41, 5.74) is 3.08. The average molecular weight is 339 g/mol. The quantitative estimate of drug-likeness (QED) is 0.895. The highest BCUT2D eigenvalue weighted by molar-refractivity contribution is 5.85. The molecule has 1 aliphatic rings. The lowest BCUT2D eigenvalue weighted by atomic mass is 9.94. The predicted molar refractivity (Wildman–Crippen MR) is 92.7 cm³/mol. The molecule has 1 aromatic heterocycles. The minimum atomic E-state index is -0.959. The van der Waals surface area contributed by atoms with Gasteiger partial charge in [-0.25, -0.2) is 4.79 Å². The number of likely N-dealkylation sites (N-methyl/N-ethyl adjacent to an activating group) is 1. The highest BCUT2D eigenvalue weighted by Gasteiger charge is 2.34. The fourth-order valence-corrected chi connectivity index (χ4v) is 3.18. The minimum absolute atomic E-state index is 0.168. The van der Waals surface area contributed by atoms with Crippen LogP contribution in [0.4, 0.5) is 0 Å². The van der Waals surface area contributed by atoms with E-state index < -0.39 is 12.0 Å². The molecule has 0 radical (unpaired) electrons. The summed E-state index contributed by atoms with van der Waals surface area (Å²) < 4.78 is 0. The molecule has 0 bridgehead atoms. The first kappa shape index (κ1) is 17.1. The van der Waals surface area contributed by atoms with E-state index in [9.17, 15) is 14.7 Å². The van der Waals surface area contributed by atoms with Crippen LogP contribution in [0.2, 0.25) is 0 Å². The Kier molecular flexibility index (Phi) is 5.09. The van der Waals surface area contributed by atoms with Gasteiger partial charge in [-0.15, -0.1) is 0 Å². The Labute approximate surface area is 146 Å². The zero-order chi connectivity index (χ0) is 17.8. The van der Waals surface area contributed by atoms with E-state index in [0.29, 0.717) is 19.5 Å². The Bertz CT molecular complexity index is 764. The summed E-state index contributed by atoms with van der Waals surface area (Å²) in [4.78, 5) is 31.7. The topological polar surface area (TPSA) is 73.7 Å². The number of fused-ring (bicyclic) bond motifs is 1. The van der Waals surface area contributed by atoms with E-state index in [-0.39, 0.29) is 12.5 Å². The summed E-state index contributed by atoms with van der Waals surface area (Å²) in [6.45, 7) is 1.12. The van der Waals surface area contributed by atoms with Crippen LogP contribution in [0.15, 0.2) is 48.8 Å². The van der Waals surface area contributed by atoms with E-state index in [1.54, 1.807) is 12.4 Å². The van der Waals surface area contributed by atoms with Gasteiger partial charge in [-0.05, 0) is 35.9 Å². The molecule has 0 spiro atoms. The van der Waals surface area contributed by atoms with Crippen molar-refractivity contribution in [2.75, 3.05) is 13.6 Å². The molecule has 1 aromatic carbocycles. The van der Waals surface area contributed by atoms with Gasteiger partial charge >= 0.3 is 5.97 Å². The maximum atomic E-state index is 12.7. The van der Waals surface area contributed by atoms with Gasteiger partial charge in [0.2, 0.25) is 5.91 Å². The van der Waals surface area contributed by atoms with Crippen LogP contribution in [0.1, 0.15) is 16.7 Å². The number of amides is 1. The van der Waals surface area contributed by atoms with Crippen molar-refractivity contribution in [1.82, 2.24) is 14.8 Å². The van der Waals surface area contributed by atoms with E-state index >= 15 is 0 Å². The van der Waals surface area contributed by atoms with Gasteiger partial charge in [-0.2, -0.15) is 0 Å². The Morgan fingerprint density at radius 3 is 2.56 bits per heavy atom. The number of aromatic nitrogens is 1. The first-order chi connectivity index (χ1) is 12.0. The van der Waals surface area contributed by atoms with E-state index in [0.717, 1.165) is 16.7 Å². The van der Waals surface area contributed by atoms with Crippen molar-refractivity contribution in [2.45, 2.75) is 25.6 Å². The molecule has 2 aromatic rings. The lowest BCUT2D eigenvalue weighted by Crippen LogP contribution is -2.51. The zero-order valence-electron chi connectivity index (χ0n) is 14.1. The molecular weight excluding hydrogens is 318 g/mol. The lowest BCUT2D eigenvalue weighted by Gasteiger charge is -2.35. The molecule has 1 N–H and O–H groups in total. The van der Waals surface area contributed by atoms with Crippen molar-refractivity contribution in [3.8, 4) is 0 Å². The van der Waals surface area contributed by atoms with Crippen molar-refractivity contribution < 1.29 is 14.7 Å². The molecule has 0 aliphatic carbocycles. The molecular formula is C19H21N3O3. The number of pyridine rings is 1. The molecule has 1 aliphatic heterocycles. The second-order valence-electron chi connectivity index (χ2n) is 6.38. The summed E-state index contributed by atoms with van der Waals surface area (Å²) in [6, 6.07) is 10.7. The molecule has 0 fully saturated rings. The largest absolute Gasteiger partial charge is 0.480 e. The van der Waals surface area contributed by atoms with Crippen molar-refractivity contribution in [3.05, 3.63) is 65.5 Å². The molecule has 6 heteroatoms. The van der Waals surface area contributed by atoms with Crippen molar-refractivity contribution in [1.29, 1.82) is 0 Å². The third-order valence-electron chi connectivity index (χ3n) is 4.46. The number of carbonyl (C=O) groups excluding carboxylic acids is 1. The smallest absolute Gasteiger partial charge is 0.326 e. The number of carboxylic acid groups (broad SMARTS) is 1. The van der Waals surface area contributed by atoms with Gasteiger partial charge in [-0.1, -0.05) is 24.3 Å². The Hall–Kier alpha value is -2.73. The second kappa shape index (κ2) is 7.44. The van der Waals surface area contributed by atoms with E-state index in [1.165, 1.54) is 4.90 Å². The zero-order valence-corrected chi connectivity index (χ0v) is 14.1. The van der Waals surface area contributed by atoms with Gasteiger partial charge in [0.15, 0.2) is 0 Å². The fraction of sp³-hybridized carbons (Fsp3) is 0.316. The van der Waals surface area contributed by atoms with E-state index in [1.807, 2.05) is 48.3 Å². The first-order valence-electron chi connectivity index (χ1n) is 8.21. The molecule has 6 nitrogen and oxygen atoms in total. The van der Waals surface area contributed by atoms with Crippen molar-refractivity contribution in [2.24, 2.45) is 0 Å². The molecule has 1 amide bonds. The van der Waals surface area contributed by atoms with Crippen LogP contribution in [-0.2, 0) is 29.1 Å². The number of carbonyl (C=O) groups is 2. The van der Waals surface area contributed by atoms with Crippen LogP contribution in [0, 0.1) is 0 Å². The normalized spacial score (nSPS) is 16.6. The SMILES string of the molecule is CN(CC(=O)N1Cc2ccccc2C[C@H]1C(=O)O)Cc1ccncc1. The number of nitrogens with zero attached hydrogens (tertiary/aromatic N) is 3. The number of aliphatic carboxylic acids is 1. The Morgan fingerprint density at radius 1 is 1.20 bits per heavy atom. The van der Waals surface area contributed by atoms with Crippen molar-refractivity contribution in [3.63, 3.8) is 0 Å². The number of hydrogen-bond donors (Lipinski definition) is 1. The molecule has 0 saturated heterocycles. The molecule has 130 valence electrons. The number of carboxylic acids is 1. The fourth-order valence-electron chi connectivity index (χ4n) is 3.18. The highest BCUT2D eigenvalue weighted by Crippen LogP contribution is 2.23. The maximum Gasteiger partial charge on any atom is 0.326 e. The van der Waals surface area contributed by atoms with Crippen LogP contribution < -0.4 is 0 Å². The molecule has 2 heterocycles. The van der Waals surface area contributed by atoms with Gasteiger partial charge < -0.3 is 10.0 Å². The molecule has 3 rings (SSSR count). The van der Waals surface area contributed by atoms with Crippen LogP contribution in [0.25, 0.3) is 0 Å².